The number of amides is 1. The van der Waals surface area contributed by atoms with Gasteiger partial charge in [0.05, 0.1) is 17.6 Å². The Morgan fingerprint density at radius 2 is 1.88 bits per heavy atom. The zero-order valence-corrected chi connectivity index (χ0v) is 18.6. The van der Waals surface area contributed by atoms with Crippen LogP contribution in [0, 0.1) is 5.92 Å². The summed E-state index contributed by atoms with van der Waals surface area (Å²) in [6, 6.07) is 11.1. The van der Waals surface area contributed by atoms with Gasteiger partial charge in [-0.2, -0.15) is 0 Å². The van der Waals surface area contributed by atoms with Crippen LogP contribution in [0.5, 0.6) is 0 Å². The molecule has 6 nitrogen and oxygen atoms in total. The summed E-state index contributed by atoms with van der Waals surface area (Å²) in [5, 5.41) is 1.14. The summed E-state index contributed by atoms with van der Waals surface area (Å²) in [6.07, 6.45) is 12.4. The number of hydrogen-bond donors (Lipinski definition) is 0. The number of pyridine rings is 1. The van der Waals surface area contributed by atoms with Gasteiger partial charge in [0.15, 0.2) is 5.82 Å². The molecule has 3 heterocycles. The van der Waals surface area contributed by atoms with Crippen molar-refractivity contribution < 1.29 is 4.79 Å². The number of hydrogen-bond acceptors (Lipinski definition) is 5. The fourth-order valence-electron chi connectivity index (χ4n) is 6.12. The molecule has 32 heavy (non-hydrogen) atoms. The highest BCUT2D eigenvalue weighted by atomic mass is 16.2. The summed E-state index contributed by atoms with van der Waals surface area (Å²) in [6.45, 7) is 0. The van der Waals surface area contributed by atoms with Gasteiger partial charge in [-0.05, 0) is 43.4 Å². The molecule has 1 aliphatic heterocycles. The predicted octanol–water partition coefficient (Wildman–Crippen LogP) is 4.51. The molecular formula is C26H29N5O. The summed E-state index contributed by atoms with van der Waals surface area (Å²) in [5.74, 6) is 2.07. The van der Waals surface area contributed by atoms with Crippen LogP contribution in [0.15, 0.2) is 42.7 Å². The second-order valence-electron chi connectivity index (χ2n) is 9.51. The van der Waals surface area contributed by atoms with E-state index in [4.69, 9.17) is 9.97 Å². The standard InChI is InChI=1S/C26H29N5O/c1-30-23-16-28-24(15-17-7-4-12-21-19(17)11-6-14-27-21)29-25(23)31(18-8-2-3-9-18)22-13-5-10-20(22)26(30)32/h4,6-7,11-12,14,16,18,20,22H,2-3,5,8-10,13,15H2,1H3/t20-,22+/m0/s1. The quantitative estimate of drug-likeness (QED) is 0.615. The van der Waals surface area contributed by atoms with E-state index in [2.05, 4.69) is 28.1 Å². The first-order valence-corrected chi connectivity index (χ1v) is 11.9. The van der Waals surface area contributed by atoms with Gasteiger partial charge in [-0.15, -0.1) is 0 Å². The minimum Gasteiger partial charge on any atom is -0.348 e. The minimum atomic E-state index is 0.0717. The van der Waals surface area contributed by atoms with Crippen molar-refractivity contribution in [3.63, 3.8) is 0 Å². The zero-order chi connectivity index (χ0) is 21.7. The number of aromatic nitrogens is 3. The van der Waals surface area contributed by atoms with Gasteiger partial charge >= 0.3 is 0 Å². The van der Waals surface area contributed by atoms with Crippen LogP contribution in [-0.4, -0.2) is 40.0 Å². The number of benzene rings is 1. The topological polar surface area (TPSA) is 62.2 Å². The number of fused-ring (bicyclic) bond motifs is 3. The Hall–Kier alpha value is -3.02. The molecule has 6 heteroatoms. The molecule has 0 saturated heterocycles. The minimum absolute atomic E-state index is 0.0717. The van der Waals surface area contributed by atoms with Gasteiger partial charge in [-0.25, -0.2) is 9.97 Å². The van der Waals surface area contributed by atoms with Crippen molar-refractivity contribution in [2.75, 3.05) is 16.8 Å². The van der Waals surface area contributed by atoms with Crippen LogP contribution < -0.4 is 9.80 Å². The second-order valence-corrected chi connectivity index (χ2v) is 9.51. The van der Waals surface area contributed by atoms with E-state index in [0.717, 1.165) is 47.5 Å². The van der Waals surface area contributed by atoms with Crippen molar-refractivity contribution in [1.82, 2.24) is 15.0 Å². The van der Waals surface area contributed by atoms with Crippen LogP contribution in [0.4, 0.5) is 11.5 Å². The third kappa shape index (κ3) is 3.15. The van der Waals surface area contributed by atoms with Crippen LogP contribution in [-0.2, 0) is 11.2 Å². The molecule has 1 aromatic carbocycles. The van der Waals surface area contributed by atoms with Gasteiger partial charge in [0, 0.05) is 37.1 Å². The van der Waals surface area contributed by atoms with Crippen molar-refractivity contribution in [1.29, 1.82) is 0 Å². The molecule has 2 saturated carbocycles. The first-order valence-electron chi connectivity index (χ1n) is 11.9. The molecule has 1 amide bonds. The van der Waals surface area contributed by atoms with E-state index in [-0.39, 0.29) is 17.9 Å². The lowest BCUT2D eigenvalue weighted by Gasteiger charge is -2.36. The van der Waals surface area contributed by atoms with Gasteiger partial charge in [-0.3, -0.25) is 9.78 Å². The second kappa shape index (κ2) is 7.84. The lowest BCUT2D eigenvalue weighted by Crippen LogP contribution is -2.46. The first-order chi connectivity index (χ1) is 15.7. The van der Waals surface area contributed by atoms with Crippen molar-refractivity contribution in [3.8, 4) is 0 Å². The summed E-state index contributed by atoms with van der Waals surface area (Å²) < 4.78 is 0. The number of rotatable bonds is 3. The van der Waals surface area contributed by atoms with Crippen LogP contribution in [0.1, 0.15) is 56.3 Å². The van der Waals surface area contributed by atoms with Gasteiger partial charge < -0.3 is 9.80 Å². The smallest absolute Gasteiger partial charge is 0.232 e. The zero-order valence-electron chi connectivity index (χ0n) is 18.6. The molecule has 164 valence electrons. The molecule has 0 bridgehead atoms. The molecule has 3 aliphatic rings. The Balaban J connectivity index is 1.44. The average Bonchev–Trinajstić information content (AvgIpc) is 3.51. The lowest BCUT2D eigenvalue weighted by molar-refractivity contribution is -0.122. The predicted molar refractivity (Wildman–Crippen MR) is 126 cm³/mol. The summed E-state index contributed by atoms with van der Waals surface area (Å²) in [5.41, 5.74) is 3.03. The van der Waals surface area contributed by atoms with E-state index >= 15 is 0 Å². The summed E-state index contributed by atoms with van der Waals surface area (Å²) in [4.78, 5) is 32.0. The molecule has 0 unspecified atom stereocenters. The SMILES string of the molecule is CN1C(=O)[C@H]2CCC[C@H]2N(C2CCCC2)c2nc(Cc3cccc4ncccc34)ncc21. The maximum Gasteiger partial charge on any atom is 0.232 e. The fourth-order valence-corrected chi connectivity index (χ4v) is 6.12. The molecule has 2 aromatic heterocycles. The number of anilines is 2. The Morgan fingerprint density at radius 1 is 1.00 bits per heavy atom. The van der Waals surface area contributed by atoms with E-state index in [1.165, 1.54) is 31.2 Å². The van der Waals surface area contributed by atoms with E-state index in [0.29, 0.717) is 12.5 Å². The van der Waals surface area contributed by atoms with Crippen LogP contribution in [0.2, 0.25) is 0 Å². The van der Waals surface area contributed by atoms with Crippen LogP contribution in [0.25, 0.3) is 10.9 Å². The van der Waals surface area contributed by atoms with Crippen molar-refractivity contribution in [2.45, 2.75) is 63.5 Å². The van der Waals surface area contributed by atoms with Gasteiger partial charge in [0.25, 0.3) is 0 Å². The van der Waals surface area contributed by atoms with E-state index in [1.54, 1.807) is 0 Å². The van der Waals surface area contributed by atoms with Gasteiger partial charge in [-0.1, -0.05) is 37.5 Å². The van der Waals surface area contributed by atoms with Crippen LogP contribution in [0.3, 0.4) is 0 Å². The maximum atomic E-state index is 13.3. The van der Waals surface area contributed by atoms with Crippen molar-refractivity contribution >= 4 is 28.3 Å². The van der Waals surface area contributed by atoms with Gasteiger partial charge in [0.2, 0.25) is 5.91 Å². The van der Waals surface area contributed by atoms with E-state index in [9.17, 15) is 4.79 Å². The van der Waals surface area contributed by atoms with Crippen molar-refractivity contribution in [3.05, 3.63) is 54.1 Å². The summed E-state index contributed by atoms with van der Waals surface area (Å²) in [7, 11) is 1.90. The number of carbonyl (C=O) groups is 1. The number of nitrogens with zero attached hydrogens (tertiary/aromatic N) is 5. The Labute approximate surface area is 188 Å². The molecular weight excluding hydrogens is 398 g/mol. The molecule has 6 rings (SSSR count). The molecule has 3 aromatic rings. The highest BCUT2D eigenvalue weighted by Gasteiger charge is 2.45. The third-order valence-corrected chi connectivity index (χ3v) is 7.69. The van der Waals surface area contributed by atoms with Gasteiger partial charge in [0.1, 0.15) is 11.5 Å². The molecule has 0 N–H and O–H groups in total. The first kappa shape index (κ1) is 19.6. The van der Waals surface area contributed by atoms with Crippen molar-refractivity contribution in [2.24, 2.45) is 5.92 Å². The molecule has 0 spiro atoms. The number of carbonyl (C=O) groups excluding carboxylic acids is 1. The van der Waals surface area contributed by atoms with E-state index < -0.39 is 0 Å². The molecule has 2 atom stereocenters. The monoisotopic (exact) mass is 427 g/mol. The highest BCUT2D eigenvalue weighted by Crippen LogP contribution is 2.44. The van der Waals surface area contributed by atoms with E-state index in [1.807, 2.05) is 36.5 Å². The largest absolute Gasteiger partial charge is 0.348 e. The summed E-state index contributed by atoms with van der Waals surface area (Å²) >= 11 is 0. The fraction of sp³-hybridized carbons (Fsp3) is 0.462. The lowest BCUT2D eigenvalue weighted by atomic mass is 9.99. The molecule has 2 fully saturated rings. The maximum absolute atomic E-state index is 13.3. The highest BCUT2D eigenvalue weighted by molar-refractivity contribution is 5.99. The molecule has 2 aliphatic carbocycles. The Kier molecular flexibility index (Phi) is 4.81. The van der Waals surface area contributed by atoms with Crippen LogP contribution >= 0.6 is 0 Å². The normalized spacial score (nSPS) is 23.5. The Morgan fingerprint density at radius 3 is 2.75 bits per heavy atom. The third-order valence-electron chi connectivity index (χ3n) is 7.69. The Bertz CT molecular complexity index is 1170. The average molecular weight is 428 g/mol. The molecule has 0 radical (unpaired) electrons.